The van der Waals surface area contributed by atoms with Crippen molar-refractivity contribution in [1.82, 2.24) is 0 Å². The molecule has 0 aromatic rings. The van der Waals surface area contributed by atoms with Crippen LogP contribution in [0.15, 0.2) is 10.2 Å². The summed E-state index contributed by atoms with van der Waals surface area (Å²) in [7, 11) is 0. The highest BCUT2D eigenvalue weighted by atomic mass is 15.2. The number of hydrogen-bond acceptors (Lipinski definition) is 2. The van der Waals surface area contributed by atoms with Crippen molar-refractivity contribution in [3.63, 3.8) is 0 Å². The van der Waals surface area contributed by atoms with E-state index in [1.807, 2.05) is 0 Å². The summed E-state index contributed by atoms with van der Waals surface area (Å²) in [5.74, 6) is 1.64. The van der Waals surface area contributed by atoms with E-state index in [9.17, 15) is 0 Å². The van der Waals surface area contributed by atoms with Crippen LogP contribution in [0, 0.1) is 33.5 Å². The van der Waals surface area contributed by atoms with Gasteiger partial charge in [0.2, 0.25) is 0 Å². The van der Waals surface area contributed by atoms with Crippen LogP contribution in [0.2, 0.25) is 0 Å². The molecule has 2 heteroatoms. The molecule has 4 unspecified atom stereocenters. The van der Waals surface area contributed by atoms with Gasteiger partial charge in [-0.1, -0.05) is 41.5 Å². The summed E-state index contributed by atoms with van der Waals surface area (Å²) >= 11 is 0. The Bertz CT molecular complexity index is 517. The molecule has 0 aromatic carbocycles. The third kappa shape index (κ3) is 1.67. The van der Waals surface area contributed by atoms with Gasteiger partial charge in [-0.2, -0.15) is 10.2 Å². The molecule has 22 heavy (non-hydrogen) atoms. The summed E-state index contributed by atoms with van der Waals surface area (Å²) in [6.45, 7) is 14.4. The molecule has 2 nitrogen and oxygen atoms in total. The minimum Gasteiger partial charge on any atom is -0.159 e. The third-order valence-corrected chi connectivity index (χ3v) is 8.14. The highest BCUT2D eigenvalue weighted by molar-refractivity contribution is 6.01. The van der Waals surface area contributed by atoms with Crippen molar-refractivity contribution in [2.24, 2.45) is 43.7 Å². The molecule has 0 radical (unpaired) electrons. The van der Waals surface area contributed by atoms with Gasteiger partial charge in [-0.3, -0.25) is 0 Å². The predicted molar refractivity (Wildman–Crippen MR) is 93.3 cm³/mol. The van der Waals surface area contributed by atoms with Gasteiger partial charge in [0.05, 0.1) is 11.4 Å². The fraction of sp³-hybridized carbons (Fsp3) is 0.900. The molecule has 0 aliphatic heterocycles. The van der Waals surface area contributed by atoms with E-state index in [-0.39, 0.29) is 10.8 Å². The molecule has 4 bridgehead atoms. The minimum absolute atomic E-state index is 0.250. The lowest BCUT2D eigenvalue weighted by molar-refractivity contribution is 0.328. The topological polar surface area (TPSA) is 24.7 Å². The van der Waals surface area contributed by atoms with Crippen molar-refractivity contribution in [1.29, 1.82) is 0 Å². The van der Waals surface area contributed by atoms with Gasteiger partial charge in [-0.25, -0.2) is 0 Å². The summed E-state index contributed by atoms with van der Waals surface area (Å²) in [4.78, 5) is 0. The lowest BCUT2D eigenvalue weighted by atomic mass is 9.70. The third-order valence-electron chi connectivity index (χ3n) is 8.14. The fourth-order valence-electron chi connectivity index (χ4n) is 6.69. The standard InChI is InChI=1S/C20H32N2/c1-17(2)13-7-9-19(5,11-13)15(17)21-22-16-18(3,4)14-8-10-20(16,6)12-14/h13-14H,7-12H2,1-6H3/b21-15+,22-16+. The Morgan fingerprint density at radius 3 is 1.32 bits per heavy atom. The Kier molecular flexibility index (Phi) is 2.74. The van der Waals surface area contributed by atoms with Gasteiger partial charge in [-0.15, -0.1) is 0 Å². The first-order valence-corrected chi connectivity index (χ1v) is 9.27. The number of rotatable bonds is 1. The fourth-order valence-corrected chi connectivity index (χ4v) is 6.69. The van der Waals surface area contributed by atoms with Gasteiger partial charge in [0.15, 0.2) is 0 Å². The van der Waals surface area contributed by atoms with E-state index in [1.165, 1.54) is 49.9 Å². The molecule has 4 fully saturated rings. The zero-order chi connectivity index (χ0) is 16.0. The Morgan fingerprint density at radius 2 is 1.05 bits per heavy atom. The maximum atomic E-state index is 4.98. The second-order valence-electron chi connectivity index (χ2n) is 10.3. The Labute approximate surface area is 135 Å². The van der Waals surface area contributed by atoms with Crippen molar-refractivity contribution in [2.45, 2.75) is 80.1 Å². The molecule has 0 amide bonds. The number of fused-ring (bicyclic) bond motifs is 4. The van der Waals surface area contributed by atoms with Gasteiger partial charge in [-0.05, 0) is 50.4 Å². The monoisotopic (exact) mass is 300 g/mol. The van der Waals surface area contributed by atoms with E-state index in [4.69, 9.17) is 10.2 Å². The van der Waals surface area contributed by atoms with Crippen LogP contribution < -0.4 is 0 Å². The molecule has 0 N–H and O–H groups in total. The quantitative estimate of drug-likeness (QED) is 0.573. The summed E-state index contributed by atoms with van der Waals surface area (Å²) in [5.41, 5.74) is 3.93. The van der Waals surface area contributed by atoms with Crippen LogP contribution in [0.5, 0.6) is 0 Å². The van der Waals surface area contributed by atoms with Crippen molar-refractivity contribution >= 4 is 11.4 Å². The largest absolute Gasteiger partial charge is 0.159 e. The second kappa shape index (κ2) is 4.05. The molecule has 0 spiro atoms. The molecule has 0 heterocycles. The van der Waals surface area contributed by atoms with Crippen LogP contribution in [-0.4, -0.2) is 11.4 Å². The summed E-state index contributed by atoms with van der Waals surface area (Å²) in [6, 6.07) is 0. The first-order valence-electron chi connectivity index (χ1n) is 9.27. The average Bonchev–Trinajstić information content (AvgIpc) is 3.06. The number of nitrogens with zero attached hydrogens (tertiary/aromatic N) is 2. The van der Waals surface area contributed by atoms with E-state index in [1.54, 1.807) is 0 Å². The maximum absolute atomic E-state index is 4.98. The Hall–Kier alpha value is -0.660. The van der Waals surface area contributed by atoms with Crippen molar-refractivity contribution in [2.75, 3.05) is 0 Å². The molecular weight excluding hydrogens is 268 g/mol. The SMILES string of the molecule is CC12CCC(C1)C(C)(C)/C2=N\N=C1\C2(C)CCC(C2)C1(C)C. The van der Waals surface area contributed by atoms with Crippen molar-refractivity contribution in [3.8, 4) is 0 Å². The van der Waals surface area contributed by atoms with E-state index < -0.39 is 0 Å². The van der Waals surface area contributed by atoms with E-state index >= 15 is 0 Å². The Balaban J connectivity index is 1.75. The molecule has 4 aliphatic carbocycles. The van der Waals surface area contributed by atoms with Crippen LogP contribution >= 0.6 is 0 Å². The minimum atomic E-state index is 0.250. The van der Waals surface area contributed by atoms with Crippen LogP contribution in [0.3, 0.4) is 0 Å². The van der Waals surface area contributed by atoms with Gasteiger partial charge in [0, 0.05) is 21.7 Å². The molecule has 4 atom stereocenters. The molecule has 122 valence electrons. The van der Waals surface area contributed by atoms with Gasteiger partial charge in [0.1, 0.15) is 0 Å². The molecule has 4 saturated carbocycles. The van der Waals surface area contributed by atoms with Crippen LogP contribution in [0.25, 0.3) is 0 Å². The highest BCUT2D eigenvalue weighted by Crippen LogP contribution is 2.62. The first kappa shape index (κ1) is 14.9. The molecule has 4 aliphatic rings. The van der Waals surface area contributed by atoms with Crippen LogP contribution in [0.4, 0.5) is 0 Å². The normalized spacial score (nSPS) is 51.4. The summed E-state index contributed by atoms with van der Waals surface area (Å²) in [5, 5.41) is 9.95. The van der Waals surface area contributed by atoms with Gasteiger partial charge >= 0.3 is 0 Å². The lowest BCUT2D eigenvalue weighted by Crippen LogP contribution is -2.37. The van der Waals surface area contributed by atoms with Gasteiger partial charge < -0.3 is 0 Å². The number of hydrogen-bond donors (Lipinski definition) is 0. The summed E-state index contributed by atoms with van der Waals surface area (Å²) < 4.78 is 0. The zero-order valence-electron chi connectivity index (χ0n) is 15.3. The van der Waals surface area contributed by atoms with Gasteiger partial charge in [0.25, 0.3) is 0 Å². The van der Waals surface area contributed by atoms with E-state index in [0.29, 0.717) is 10.8 Å². The van der Waals surface area contributed by atoms with Crippen molar-refractivity contribution < 1.29 is 0 Å². The molecular formula is C20H32N2. The van der Waals surface area contributed by atoms with Crippen LogP contribution in [-0.2, 0) is 0 Å². The predicted octanol–water partition coefficient (Wildman–Crippen LogP) is 5.48. The Morgan fingerprint density at radius 1 is 0.682 bits per heavy atom. The molecule has 0 aromatic heterocycles. The smallest absolute Gasteiger partial charge is 0.0523 e. The second-order valence-corrected chi connectivity index (χ2v) is 10.3. The first-order chi connectivity index (χ1) is 10.1. The van der Waals surface area contributed by atoms with E-state index in [0.717, 1.165) is 11.8 Å². The maximum Gasteiger partial charge on any atom is 0.0523 e. The van der Waals surface area contributed by atoms with Crippen molar-refractivity contribution in [3.05, 3.63) is 0 Å². The average molecular weight is 300 g/mol. The zero-order valence-corrected chi connectivity index (χ0v) is 15.3. The lowest BCUT2D eigenvalue weighted by Gasteiger charge is -2.36. The highest BCUT2D eigenvalue weighted by Gasteiger charge is 2.59. The molecule has 4 rings (SSSR count). The molecule has 0 saturated heterocycles. The van der Waals surface area contributed by atoms with Crippen LogP contribution in [0.1, 0.15) is 80.1 Å². The summed E-state index contributed by atoms with van der Waals surface area (Å²) in [6.07, 6.45) is 8.04. The van der Waals surface area contributed by atoms with E-state index in [2.05, 4.69) is 41.5 Å².